The molecule has 2 aromatic carbocycles. The van der Waals surface area contributed by atoms with E-state index in [1.54, 1.807) is 0 Å². The van der Waals surface area contributed by atoms with Gasteiger partial charge in [-0.3, -0.25) is 0 Å². The molecule has 0 saturated heterocycles. The monoisotopic (exact) mass is 522 g/mol. The second-order valence-electron chi connectivity index (χ2n) is 10.2. The van der Waals surface area contributed by atoms with Gasteiger partial charge in [0.15, 0.2) is 0 Å². The summed E-state index contributed by atoms with van der Waals surface area (Å²) in [7, 11) is 0. The molecule has 0 amide bonds. The molecule has 0 saturated carbocycles. The van der Waals surface area contributed by atoms with E-state index >= 15 is 0 Å². The molecule has 4 nitrogen and oxygen atoms in total. The molecular formula is C34H54N2O2+2. The molecule has 0 heterocycles. The van der Waals surface area contributed by atoms with Gasteiger partial charge in [0.1, 0.15) is 37.8 Å². The summed E-state index contributed by atoms with van der Waals surface area (Å²) in [5.74, 6) is 1.87. The van der Waals surface area contributed by atoms with Crippen molar-refractivity contribution in [3.63, 3.8) is 0 Å². The Morgan fingerprint density at radius 1 is 0.526 bits per heavy atom. The SMILES string of the molecule is C/C=C(\C(=C\C)c1ccc(OCC[N+](CC)(CC)CC)cc1)c1ccc(OCC[N+](CC)(CC)CC)cc1. The van der Waals surface area contributed by atoms with Gasteiger partial charge < -0.3 is 18.4 Å². The van der Waals surface area contributed by atoms with E-state index in [-0.39, 0.29) is 0 Å². The van der Waals surface area contributed by atoms with Crippen molar-refractivity contribution < 1.29 is 18.4 Å². The number of quaternary nitrogens is 2. The van der Waals surface area contributed by atoms with Crippen molar-refractivity contribution in [2.45, 2.75) is 55.4 Å². The summed E-state index contributed by atoms with van der Waals surface area (Å²) in [5, 5.41) is 0. The minimum absolute atomic E-state index is 0.745. The van der Waals surface area contributed by atoms with Gasteiger partial charge in [0.2, 0.25) is 0 Å². The molecule has 0 N–H and O–H groups in total. The zero-order valence-corrected chi connectivity index (χ0v) is 25.6. The number of hydrogen-bond acceptors (Lipinski definition) is 2. The quantitative estimate of drug-likeness (QED) is 0.156. The third-order valence-electron chi connectivity index (χ3n) is 8.89. The normalized spacial score (nSPS) is 13.1. The fourth-order valence-electron chi connectivity index (χ4n) is 5.42. The van der Waals surface area contributed by atoms with Crippen LogP contribution in [0.15, 0.2) is 60.7 Å². The van der Waals surface area contributed by atoms with Gasteiger partial charge in [-0.25, -0.2) is 0 Å². The first-order valence-electron chi connectivity index (χ1n) is 14.9. The van der Waals surface area contributed by atoms with Gasteiger partial charge in [0.05, 0.1) is 39.3 Å². The molecule has 0 aliphatic carbocycles. The predicted octanol–water partition coefficient (Wildman–Crippen LogP) is 7.70. The van der Waals surface area contributed by atoms with Crippen LogP contribution >= 0.6 is 0 Å². The molecular weight excluding hydrogens is 468 g/mol. The Hall–Kier alpha value is -2.56. The van der Waals surface area contributed by atoms with E-state index in [4.69, 9.17) is 9.47 Å². The lowest BCUT2D eigenvalue weighted by Gasteiger charge is -2.35. The van der Waals surface area contributed by atoms with E-state index < -0.39 is 0 Å². The number of ether oxygens (including phenoxy) is 2. The first kappa shape index (κ1) is 31.7. The van der Waals surface area contributed by atoms with Gasteiger partial charge in [0.25, 0.3) is 0 Å². The fourth-order valence-corrected chi connectivity index (χ4v) is 5.42. The Morgan fingerprint density at radius 2 is 0.816 bits per heavy atom. The minimum atomic E-state index is 0.745. The number of hydrogen-bond donors (Lipinski definition) is 0. The van der Waals surface area contributed by atoms with Gasteiger partial charge in [-0.15, -0.1) is 0 Å². The molecule has 0 atom stereocenters. The largest absolute Gasteiger partial charge is 0.488 e. The van der Waals surface area contributed by atoms with Crippen LogP contribution in [0.4, 0.5) is 0 Å². The summed E-state index contributed by atoms with van der Waals surface area (Å²) in [6, 6.07) is 17.1. The van der Waals surface area contributed by atoms with Crippen LogP contribution in [-0.2, 0) is 0 Å². The van der Waals surface area contributed by atoms with Gasteiger partial charge in [0, 0.05) is 0 Å². The molecule has 0 aliphatic heterocycles. The molecule has 0 aliphatic rings. The molecule has 0 unspecified atom stereocenters. The summed E-state index contributed by atoms with van der Waals surface area (Å²) in [6.45, 7) is 28.3. The zero-order chi connectivity index (χ0) is 28.0. The molecule has 0 bridgehead atoms. The Kier molecular flexibility index (Phi) is 13.1. The van der Waals surface area contributed by atoms with Crippen molar-refractivity contribution in [1.82, 2.24) is 0 Å². The summed E-state index contributed by atoms with van der Waals surface area (Å²) in [4.78, 5) is 0. The molecule has 0 spiro atoms. The number of rotatable bonds is 17. The van der Waals surface area contributed by atoms with Gasteiger partial charge >= 0.3 is 0 Å². The van der Waals surface area contributed by atoms with Crippen LogP contribution in [0.5, 0.6) is 11.5 Å². The van der Waals surface area contributed by atoms with Gasteiger partial charge in [-0.1, -0.05) is 36.4 Å². The highest BCUT2D eigenvalue weighted by molar-refractivity contribution is 6.04. The highest BCUT2D eigenvalue weighted by Crippen LogP contribution is 2.33. The molecule has 4 heteroatoms. The molecule has 2 rings (SSSR count). The topological polar surface area (TPSA) is 18.5 Å². The maximum absolute atomic E-state index is 6.13. The number of nitrogens with zero attached hydrogens (tertiary/aromatic N) is 2. The van der Waals surface area contributed by atoms with E-state index in [9.17, 15) is 0 Å². The average Bonchev–Trinajstić information content (AvgIpc) is 2.98. The zero-order valence-electron chi connectivity index (χ0n) is 25.6. The van der Waals surface area contributed by atoms with E-state index in [1.165, 1.54) is 22.3 Å². The van der Waals surface area contributed by atoms with Crippen molar-refractivity contribution in [3.8, 4) is 11.5 Å². The van der Waals surface area contributed by atoms with Crippen LogP contribution in [0.1, 0.15) is 66.5 Å². The Bertz CT molecular complexity index is 898. The Labute approximate surface area is 233 Å². The highest BCUT2D eigenvalue weighted by Gasteiger charge is 2.21. The minimum Gasteiger partial charge on any atom is -0.488 e. The number of likely N-dealkylation sites (N-methyl/N-ethyl adjacent to an activating group) is 2. The molecule has 2 aromatic rings. The average molecular weight is 523 g/mol. The summed E-state index contributed by atoms with van der Waals surface area (Å²) < 4.78 is 14.5. The molecule has 38 heavy (non-hydrogen) atoms. The van der Waals surface area contributed by atoms with E-state index in [0.717, 1.165) is 86.0 Å². The van der Waals surface area contributed by atoms with Crippen molar-refractivity contribution in [3.05, 3.63) is 71.8 Å². The van der Waals surface area contributed by atoms with Crippen molar-refractivity contribution >= 4 is 11.1 Å². The van der Waals surface area contributed by atoms with Gasteiger partial charge in [-0.05, 0) is 102 Å². The third kappa shape index (κ3) is 8.22. The lowest BCUT2D eigenvalue weighted by atomic mass is 9.92. The molecule has 0 fully saturated rings. The van der Waals surface area contributed by atoms with Crippen LogP contribution in [0.25, 0.3) is 11.1 Å². The first-order chi connectivity index (χ1) is 18.4. The lowest BCUT2D eigenvalue weighted by molar-refractivity contribution is -0.923. The van der Waals surface area contributed by atoms with Crippen LogP contribution in [0.2, 0.25) is 0 Å². The summed E-state index contributed by atoms with van der Waals surface area (Å²) in [6.07, 6.45) is 4.39. The van der Waals surface area contributed by atoms with Crippen molar-refractivity contribution in [1.29, 1.82) is 0 Å². The number of allylic oxidation sites excluding steroid dienone is 4. The summed E-state index contributed by atoms with van der Waals surface area (Å²) in [5.41, 5.74) is 4.84. The third-order valence-corrected chi connectivity index (χ3v) is 8.89. The van der Waals surface area contributed by atoms with Crippen molar-refractivity contribution in [2.24, 2.45) is 0 Å². The first-order valence-corrected chi connectivity index (χ1v) is 14.9. The smallest absolute Gasteiger partial charge is 0.137 e. The standard InChI is InChI=1S/C34H54N2O2/c1-9-33(29-17-21-31(22-18-29)37-27-25-35(11-3,12-4)13-5)34(10-2)30-19-23-32(24-20-30)38-28-26-36(14-6,15-7)16-8/h9-10,17-24H,11-16,25-28H2,1-8H3/q+2/b33-9-,34-10+. The second-order valence-corrected chi connectivity index (χ2v) is 10.2. The second kappa shape index (κ2) is 15.8. The van der Waals surface area contributed by atoms with Crippen molar-refractivity contribution in [2.75, 3.05) is 65.6 Å². The fraction of sp³-hybridized carbons (Fsp3) is 0.529. The van der Waals surface area contributed by atoms with Crippen LogP contribution in [-0.4, -0.2) is 74.5 Å². The predicted molar refractivity (Wildman–Crippen MR) is 165 cm³/mol. The van der Waals surface area contributed by atoms with Crippen LogP contribution < -0.4 is 9.47 Å². The Morgan fingerprint density at radius 3 is 1.05 bits per heavy atom. The van der Waals surface area contributed by atoms with E-state index in [0.29, 0.717) is 0 Å². The maximum atomic E-state index is 6.13. The summed E-state index contributed by atoms with van der Waals surface area (Å²) >= 11 is 0. The van der Waals surface area contributed by atoms with Crippen LogP contribution in [0, 0.1) is 0 Å². The van der Waals surface area contributed by atoms with E-state index in [2.05, 4.69) is 116 Å². The maximum Gasteiger partial charge on any atom is 0.137 e. The van der Waals surface area contributed by atoms with Gasteiger partial charge in [-0.2, -0.15) is 0 Å². The molecule has 0 aromatic heterocycles. The molecule has 210 valence electrons. The highest BCUT2D eigenvalue weighted by atomic mass is 16.5. The van der Waals surface area contributed by atoms with E-state index in [1.807, 2.05) is 0 Å². The number of benzene rings is 2. The Balaban J connectivity index is 2.04. The van der Waals surface area contributed by atoms with Crippen LogP contribution in [0.3, 0.4) is 0 Å². The lowest BCUT2D eigenvalue weighted by Crippen LogP contribution is -2.49. The molecule has 0 radical (unpaired) electrons.